The number of anilines is 1. The number of hydrogen-bond donors (Lipinski definition) is 1. The van der Waals surface area contributed by atoms with Crippen LogP contribution >= 0.6 is 11.3 Å². The fraction of sp³-hybridized carbons (Fsp3) is 0.0870. The molecule has 0 aliphatic rings. The molecule has 166 valence electrons. The maximum absolute atomic E-state index is 13.2. The van der Waals surface area contributed by atoms with E-state index in [2.05, 4.69) is 10.3 Å². The van der Waals surface area contributed by atoms with Gasteiger partial charge in [0.05, 0.1) is 31.0 Å². The van der Waals surface area contributed by atoms with Crippen molar-refractivity contribution < 1.29 is 23.9 Å². The number of thiazole rings is 1. The van der Waals surface area contributed by atoms with E-state index in [4.69, 9.17) is 9.47 Å². The van der Waals surface area contributed by atoms with Gasteiger partial charge in [0.1, 0.15) is 5.56 Å². The van der Waals surface area contributed by atoms with Gasteiger partial charge in [-0.2, -0.15) is 0 Å². The van der Waals surface area contributed by atoms with Gasteiger partial charge in [0.2, 0.25) is 0 Å². The van der Waals surface area contributed by atoms with Gasteiger partial charge in [0.25, 0.3) is 11.5 Å². The number of rotatable bonds is 5. The van der Waals surface area contributed by atoms with Crippen molar-refractivity contribution >= 4 is 39.8 Å². The average molecular weight is 463 g/mol. The van der Waals surface area contributed by atoms with Crippen LogP contribution < -0.4 is 10.9 Å². The van der Waals surface area contributed by atoms with Crippen LogP contribution in [0.3, 0.4) is 0 Å². The first-order valence-electron chi connectivity index (χ1n) is 9.60. The van der Waals surface area contributed by atoms with E-state index >= 15 is 0 Å². The summed E-state index contributed by atoms with van der Waals surface area (Å²) in [6.45, 7) is 0. The minimum atomic E-state index is -0.745. The molecule has 1 amide bonds. The van der Waals surface area contributed by atoms with Crippen molar-refractivity contribution in [2.24, 2.45) is 0 Å². The molecule has 2 heterocycles. The Morgan fingerprint density at radius 1 is 0.970 bits per heavy atom. The molecule has 1 N–H and O–H groups in total. The smallest absolute Gasteiger partial charge is 0.337 e. The molecule has 0 fully saturated rings. The number of aromatic nitrogens is 2. The van der Waals surface area contributed by atoms with Crippen molar-refractivity contribution in [2.75, 3.05) is 19.5 Å². The van der Waals surface area contributed by atoms with Crippen LogP contribution in [0.5, 0.6) is 0 Å². The first-order valence-corrected chi connectivity index (χ1v) is 10.5. The van der Waals surface area contributed by atoms with E-state index in [-0.39, 0.29) is 22.4 Å². The lowest BCUT2D eigenvalue weighted by Gasteiger charge is -2.10. The zero-order valence-corrected chi connectivity index (χ0v) is 18.3. The van der Waals surface area contributed by atoms with Gasteiger partial charge in [-0.3, -0.25) is 14.0 Å². The van der Waals surface area contributed by atoms with E-state index in [1.807, 2.05) is 30.3 Å². The fourth-order valence-electron chi connectivity index (χ4n) is 3.23. The number of methoxy groups -OCH3 is 2. The summed E-state index contributed by atoms with van der Waals surface area (Å²) in [5, 5.41) is 4.34. The Morgan fingerprint density at radius 2 is 1.61 bits per heavy atom. The van der Waals surface area contributed by atoms with Gasteiger partial charge in [-0.1, -0.05) is 30.3 Å². The number of amides is 1. The molecule has 2 aromatic heterocycles. The lowest BCUT2D eigenvalue weighted by molar-refractivity contribution is 0.0599. The van der Waals surface area contributed by atoms with Gasteiger partial charge >= 0.3 is 11.9 Å². The second kappa shape index (κ2) is 9.05. The van der Waals surface area contributed by atoms with Gasteiger partial charge in [0.15, 0.2) is 4.96 Å². The lowest BCUT2D eigenvalue weighted by atomic mass is 10.1. The molecular weight excluding hydrogens is 446 g/mol. The number of hydrogen-bond acceptors (Lipinski definition) is 8. The number of esters is 2. The SMILES string of the molecule is COC(=O)c1cc(NC(=O)c2cnc3scc(-c4ccccc4)n3c2=O)cc(C(=O)OC)c1. The molecule has 4 rings (SSSR count). The van der Waals surface area contributed by atoms with E-state index < -0.39 is 23.4 Å². The first kappa shape index (κ1) is 21.9. The zero-order valence-electron chi connectivity index (χ0n) is 17.5. The number of carbonyl (C=O) groups is 3. The number of benzene rings is 2. The minimum Gasteiger partial charge on any atom is -0.465 e. The third-order valence-electron chi connectivity index (χ3n) is 4.79. The predicted molar refractivity (Wildman–Crippen MR) is 122 cm³/mol. The van der Waals surface area contributed by atoms with Crippen LogP contribution in [0.25, 0.3) is 16.2 Å². The van der Waals surface area contributed by atoms with E-state index in [1.165, 1.54) is 54.4 Å². The molecule has 0 atom stereocenters. The van der Waals surface area contributed by atoms with Crippen molar-refractivity contribution in [1.82, 2.24) is 9.38 Å². The summed E-state index contributed by atoms with van der Waals surface area (Å²) in [6, 6.07) is 13.2. The maximum Gasteiger partial charge on any atom is 0.337 e. The van der Waals surface area contributed by atoms with Crippen LogP contribution in [-0.4, -0.2) is 41.5 Å². The Balaban J connectivity index is 1.74. The van der Waals surface area contributed by atoms with Gasteiger partial charge in [-0.25, -0.2) is 14.6 Å². The molecule has 0 saturated heterocycles. The summed E-state index contributed by atoms with van der Waals surface area (Å²) < 4.78 is 10.8. The Labute approximate surface area is 191 Å². The number of carbonyl (C=O) groups excluding carboxylic acids is 3. The van der Waals surface area contributed by atoms with Crippen molar-refractivity contribution in [3.63, 3.8) is 0 Å². The van der Waals surface area contributed by atoms with Crippen LogP contribution in [0.1, 0.15) is 31.1 Å². The molecule has 0 aliphatic heterocycles. The fourth-order valence-corrected chi connectivity index (χ4v) is 4.09. The highest BCUT2D eigenvalue weighted by Crippen LogP contribution is 2.24. The summed E-state index contributed by atoms with van der Waals surface area (Å²) in [7, 11) is 2.39. The highest BCUT2D eigenvalue weighted by Gasteiger charge is 2.19. The Kier molecular flexibility index (Phi) is 6.01. The number of fused-ring (bicyclic) bond motifs is 1. The largest absolute Gasteiger partial charge is 0.465 e. The topological polar surface area (TPSA) is 116 Å². The lowest BCUT2D eigenvalue weighted by Crippen LogP contribution is -2.26. The average Bonchev–Trinajstić information content (AvgIpc) is 3.28. The summed E-state index contributed by atoms with van der Waals surface area (Å²) in [6.07, 6.45) is 1.20. The number of nitrogens with one attached hydrogen (secondary N) is 1. The third-order valence-corrected chi connectivity index (χ3v) is 5.63. The zero-order chi connectivity index (χ0) is 23.5. The molecule has 0 saturated carbocycles. The first-order chi connectivity index (χ1) is 15.9. The summed E-state index contributed by atoms with van der Waals surface area (Å²) in [5.74, 6) is -2.15. The van der Waals surface area contributed by atoms with Crippen LogP contribution in [0.15, 0.2) is 64.9 Å². The highest BCUT2D eigenvalue weighted by atomic mass is 32.1. The molecule has 4 aromatic rings. The highest BCUT2D eigenvalue weighted by molar-refractivity contribution is 7.15. The summed E-state index contributed by atoms with van der Waals surface area (Å²) in [4.78, 5) is 54.8. The number of nitrogens with zero attached hydrogens (tertiary/aromatic N) is 2. The monoisotopic (exact) mass is 463 g/mol. The van der Waals surface area contributed by atoms with Crippen LogP contribution in [0, 0.1) is 0 Å². The second-order valence-corrected chi connectivity index (χ2v) is 7.65. The van der Waals surface area contributed by atoms with Gasteiger partial charge in [-0.15, -0.1) is 11.3 Å². The molecule has 9 nitrogen and oxygen atoms in total. The van der Waals surface area contributed by atoms with E-state index in [9.17, 15) is 19.2 Å². The van der Waals surface area contributed by atoms with Crippen LogP contribution in [-0.2, 0) is 9.47 Å². The van der Waals surface area contributed by atoms with E-state index in [0.29, 0.717) is 10.7 Å². The molecule has 0 unspecified atom stereocenters. The molecular formula is C23H17N3O6S. The molecule has 0 radical (unpaired) electrons. The van der Waals surface area contributed by atoms with Crippen molar-refractivity contribution in [1.29, 1.82) is 0 Å². The number of ether oxygens (including phenoxy) is 2. The molecule has 0 aliphatic carbocycles. The van der Waals surface area contributed by atoms with Gasteiger partial charge in [-0.05, 0) is 23.8 Å². The van der Waals surface area contributed by atoms with Crippen molar-refractivity contribution in [2.45, 2.75) is 0 Å². The molecule has 10 heteroatoms. The van der Waals surface area contributed by atoms with Gasteiger partial charge < -0.3 is 14.8 Å². The predicted octanol–water partition coefficient (Wildman–Crippen LogP) is 3.25. The van der Waals surface area contributed by atoms with Crippen LogP contribution in [0.2, 0.25) is 0 Å². The molecule has 0 spiro atoms. The van der Waals surface area contributed by atoms with Crippen molar-refractivity contribution in [3.05, 3.63) is 87.2 Å². The summed E-state index contributed by atoms with van der Waals surface area (Å²) in [5.41, 5.74) is 0.847. The second-order valence-electron chi connectivity index (χ2n) is 6.82. The molecule has 33 heavy (non-hydrogen) atoms. The Bertz CT molecular complexity index is 1410. The molecule has 2 aromatic carbocycles. The summed E-state index contributed by atoms with van der Waals surface area (Å²) >= 11 is 1.28. The maximum atomic E-state index is 13.2. The third kappa shape index (κ3) is 4.23. The Morgan fingerprint density at radius 3 is 2.21 bits per heavy atom. The standard InChI is InChI=1S/C23H17N3O6S/c1-31-21(29)14-8-15(22(30)32-2)10-16(9-14)25-19(27)17-11-24-23-26(20(17)28)18(12-33-23)13-6-4-3-5-7-13/h3-12H,1-2H3,(H,25,27). The Hall–Kier alpha value is -4.31. The van der Waals surface area contributed by atoms with Crippen LogP contribution in [0.4, 0.5) is 5.69 Å². The van der Waals surface area contributed by atoms with Gasteiger partial charge in [0, 0.05) is 17.3 Å². The molecule has 0 bridgehead atoms. The minimum absolute atomic E-state index is 0.0326. The van der Waals surface area contributed by atoms with E-state index in [1.54, 1.807) is 5.38 Å². The van der Waals surface area contributed by atoms with E-state index in [0.717, 1.165) is 5.56 Å². The quantitative estimate of drug-likeness (QED) is 0.452. The normalized spacial score (nSPS) is 10.6. The van der Waals surface area contributed by atoms with Crippen molar-refractivity contribution in [3.8, 4) is 11.3 Å².